The highest BCUT2D eigenvalue weighted by atomic mass is 28.4. The molecular weight excluding hydrogens is 609 g/mol. The summed E-state index contributed by atoms with van der Waals surface area (Å²) < 4.78 is 39.6. The Labute approximate surface area is 278 Å². The third-order valence-corrected chi connectivity index (χ3v) is 13.8. The molecule has 2 saturated heterocycles. The molecule has 0 saturated carbocycles. The van der Waals surface area contributed by atoms with Gasteiger partial charge in [0.05, 0.1) is 18.8 Å². The monoisotopic (exact) mass is 652 g/mol. The Morgan fingerprint density at radius 1 is 0.745 bits per heavy atom. The maximum atomic E-state index is 13.4. The summed E-state index contributed by atoms with van der Waals surface area (Å²) in [5.74, 6) is -1.43. The van der Waals surface area contributed by atoms with E-state index in [0.29, 0.717) is 5.56 Å². The van der Waals surface area contributed by atoms with Gasteiger partial charge in [-0.05, 0) is 47.0 Å². The first-order valence-corrected chi connectivity index (χ1v) is 18.2. The maximum Gasteiger partial charge on any atom is 0.338 e. The van der Waals surface area contributed by atoms with Gasteiger partial charge in [0, 0.05) is 0 Å². The standard InChI is InChI=1S/C39H44O7Si/c1-38(2,3)47(30-22-14-8-15-23-30,31-24-16-9-17-25-31)42-27-32-33-34(46-39(4,5)45-33)35(44-36(40)29-20-12-7-13-21-29)37(43-32)41-26-28-18-10-6-11-19-28/h6-25,32-35,37H,26-27H2,1-5H3/t32-,33+,34+,35-,37-/m1/s1. The van der Waals surface area contributed by atoms with Gasteiger partial charge in [0.1, 0.15) is 18.3 Å². The molecule has 8 heteroatoms. The van der Waals surface area contributed by atoms with Gasteiger partial charge in [-0.1, -0.05) is 130 Å². The Hall–Kier alpha value is -3.63. The van der Waals surface area contributed by atoms with E-state index in [4.69, 9.17) is 28.1 Å². The van der Waals surface area contributed by atoms with Crippen LogP contribution in [0.15, 0.2) is 121 Å². The second-order valence-corrected chi connectivity index (χ2v) is 17.9. The van der Waals surface area contributed by atoms with Crippen LogP contribution < -0.4 is 10.4 Å². The SMILES string of the molecule is CC1(C)O[C@H]2[C@@H](O1)[C@@H](CO[Si](c1ccccc1)(c1ccccc1)C(C)(C)C)O[C@@H](OCc1ccccc1)[C@@H]2OC(=O)c1ccccc1. The van der Waals surface area contributed by atoms with Crippen molar-refractivity contribution in [3.05, 3.63) is 132 Å². The molecule has 4 aromatic rings. The van der Waals surface area contributed by atoms with Crippen LogP contribution in [-0.2, 0) is 34.7 Å². The van der Waals surface area contributed by atoms with Gasteiger partial charge in [-0.3, -0.25) is 0 Å². The molecule has 2 heterocycles. The summed E-state index contributed by atoms with van der Waals surface area (Å²) in [6.07, 6.45) is -3.62. The molecule has 2 fully saturated rings. The number of ether oxygens (including phenoxy) is 5. The van der Waals surface area contributed by atoms with Crippen molar-refractivity contribution >= 4 is 24.7 Å². The van der Waals surface area contributed by atoms with Crippen LogP contribution >= 0.6 is 0 Å². The van der Waals surface area contributed by atoms with Crippen LogP contribution in [-0.4, -0.2) is 57.4 Å². The van der Waals surface area contributed by atoms with Crippen molar-refractivity contribution in [3.63, 3.8) is 0 Å². The van der Waals surface area contributed by atoms with Crippen LogP contribution in [0.3, 0.4) is 0 Å². The molecule has 7 nitrogen and oxygen atoms in total. The van der Waals surface area contributed by atoms with Gasteiger partial charge in [0.2, 0.25) is 0 Å². The molecule has 0 aliphatic carbocycles. The Kier molecular flexibility index (Phi) is 9.80. The lowest BCUT2D eigenvalue weighted by atomic mass is 9.99. The summed E-state index contributed by atoms with van der Waals surface area (Å²) in [5, 5.41) is 2.11. The summed E-state index contributed by atoms with van der Waals surface area (Å²) in [6.45, 7) is 10.9. The average molecular weight is 653 g/mol. The Bertz CT molecular complexity index is 1550. The highest BCUT2D eigenvalue weighted by Crippen LogP contribution is 2.41. The third-order valence-electron chi connectivity index (χ3n) is 8.82. The van der Waals surface area contributed by atoms with Gasteiger partial charge >= 0.3 is 5.97 Å². The van der Waals surface area contributed by atoms with Crippen LogP contribution in [0.2, 0.25) is 5.04 Å². The van der Waals surface area contributed by atoms with Crippen LogP contribution in [0.1, 0.15) is 50.5 Å². The van der Waals surface area contributed by atoms with E-state index < -0.39 is 50.8 Å². The minimum Gasteiger partial charge on any atom is -0.450 e. The number of rotatable bonds is 10. The number of fused-ring (bicyclic) bond motifs is 1. The second-order valence-electron chi connectivity index (χ2n) is 13.6. The minimum absolute atomic E-state index is 0.221. The van der Waals surface area contributed by atoms with Crippen LogP contribution in [0, 0.1) is 0 Å². The van der Waals surface area contributed by atoms with Gasteiger partial charge in [-0.15, -0.1) is 0 Å². The van der Waals surface area contributed by atoms with Crippen molar-refractivity contribution in [3.8, 4) is 0 Å². The van der Waals surface area contributed by atoms with Gasteiger partial charge in [0.15, 0.2) is 18.2 Å². The number of carbonyl (C=O) groups excluding carboxylic acids is 1. The first kappa shape index (κ1) is 33.3. The first-order valence-electron chi connectivity index (χ1n) is 16.3. The van der Waals surface area contributed by atoms with Crippen molar-refractivity contribution in [2.75, 3.05) is 6.61 Å². The number of carbonyl (C=O) groups is 1. The molecule has 0 N–H and O–H groups in total. The van der Waals surface area contributed by atoms with E-state index in [0.717, 1.165) is 5.56 Å². The van der Waals surface area contributed by atoms with E-state index >= 15 is 0 Å². The normalized spacial score (nSPS) is 24.0. The lowest BCUT2D eigenvalue weighted by molar-refractivity contribution is -0.284. The zero-order valence-corrected chi connectivity index (χ0v) is 28.7. The molecular formula is C39H44O7Si. The van der Waals surface area contributed by atoms with E-state index in [1.165, 1.54) is 10.4 Å². The van der Waals surface area contributed by atoms with E-state index in [9.17, 15) is 4.79 Å². The van der Waals surface area contributed by atoms with E-state index in [1.807, 2.05) is 62.4 Å². The fourth-order valence-electron chi connectivity index (χ4n) is 6.72. The number of hydrogen-bond donors (Lipinski definition) is 0. The summed E-state index contributed by atoms with van der Waals surface area (Å²) in [5.41, 5.74) is 1.40. The molecule has 4 aromatic carbocycles. The molecule has 0 spiro atoms. The average Bonchev–Trinajstić information content (AvgIpc) is 3.41. The van der Waals surface area contributed by atoms with Crippen LogP contribution in [0.5, 0.6) is 0 Å². The molecule has 2 aliphatic rings. The zero-order valence-electron chi connectivity index (χ0n) is 27.7. The summed E-state index contributed by atoms with van der Waals surface area (Å²) >= 11 is 0. The smallest absolute Gasteiger partial charge is 0.338 e. The van der Waals surface area contributed by atoms with Crippen molar-refractivity contribution in [2.24, 2.45) is 0 Å². The molecule has 5 atom stereocenters. The van der Waals surface area contributed by atoms with Crippen LogP contribution in [0.25, 0.3) is 0 Å². The van der Waals surface area contributed by atoms with Crippen molar-refractivity contribution in [1.29, 1.82) is 0 Å². The molecule has 2 aliphatic heterocycles. The highest BCUT2D eigenvalue weighted by molar-refractivity contribution is 6.99. The molecule has 0 radical (unpaired) electrons. The first-order chi connectivity index (χ1) is 22.6. The summed E-state index contributed by atoms with van der Waals surface area (Å²) in [7, 11) is -2.90. The predicted molar refractivity (Wildman–Crippen MR) is 183 cm³/mol. The number of esters is 1. The molecule has 47 heavy (non-hydrogen) atoms. The zero-order chi connectivity index (χ0) is 33.1. The molecule has 0 amide bonds. The summed E-state index contributed by atoms with van der Waals surface area (Å²) in [4.78, 5) is 13.4. The van der Waals surface area contributed by atoms with Gasteiger partial charge in [-0.2, -0.15) is 0 Å². The molecule has 0 unspecified atom stereocenters. The molecule has 0 aromatic heterocycles. The fourth-order valence-corrected chi connectivity index (χ4v) is 11.3. The second kappa shape index (κ2) is 13.8. The minimum atomic E-state index is -2.90. The van der Waals surface area contributed by atoms with Crippen molar-refractivity contribution in [1.82, 2.24) is 0 Å². The predicted octanol–water partition coefficient (Wildman–Crippen LogP) is 6.25. The fraction of sp³-hybridized carbons (Fsp3) is 0.359. The lowest BCUT2D eigenvalue weighted by Gasteiger charge is -2.46. The van der Waals surface area contributed by atoms with Crippen molar-refractivity contribution in [2.45, 2.75) is 82.8 Å². The number of benzene rings is 4. The van der Waals surface area contributed by atoms with Gasteiger partial charge in [0.25, 0.3) is 8.32 Å². The number of hydrogen-bond acceptors (Lipinski definition) is 7. The lowest BCUT2D eigenvalue weighted by Crippen LogP contribution is -2.68. The van der Waals surface area contributed by atoms with E-state index in [-0.39, 0.29) is 18.3 Å². The van der Waals surface area contributed by atoms with Gasteiger partial charge < -0.3 is 28.1 Å². The molecule has 0 bridgehead atoms. The molecule has 6 rings (SSSR count). The van der Waals surface area contributed by atoms with Crippen LogP contribution in [0.4, 0.5) is 0 Å². The summed E-state index contributed by atoms with van der Waals surface area (Å²) in [6, 6.07) is 39.7. The molecule has 246 valence electrons. The Balaban J connectivity index is 1.35. The van der Waals surface area contributed by atoms with E-state index in [1.54, 1.807) is 24.3 Å². The maximum absolute atomic E-state index is 13.4. The van der Waals surface area contributed by atoms with Crippen molar-refractivity contribution < 1.29 is 32.9 Å². The topological polar surface area (TPSA) is 72.5 Å². The third kappa shape index (κ3) is 7.13. The van der Waals surface area contributed by atoms with Gasteiger partial charge in [-0.25, -0.2) is 4.79 Å². The Morgan fingerprint density at radius 3 is 1.81 bits per heavy atom. The Morgan fingerprint density at radius 2 is 1.26 bits per heavy atom. The largest absolute Gasteiger partial charge is 0.450 e. The quantitative estimate of drug-likeness (QED) is 0.148. The highest BCUT2D eigenvalue weighted by Gasteiger charge is 2.58. The van der Waals surface area contributed by atoms with E-state index in [2.05, 4.69) is 69.3 Å².